The van der Waals surface area contributed by atoms with Crippen LogP contribution in [0.5, 0.6) is 23.0 Å². The molecule has 0 radical (unpaired) electrons. The van der Waals surface area contributed by atoms with Crippen molar-refractivity contribution < 1.29 is 47.5 Å². The third-order valence-corrected chi connectivity index (χ3v) is 11.4. The highest BCUT2D eigenvalue weighted by atomic mass is 127. The zero-order valence-electron chi connectivity index (χ0n) is 31.1. The minimum Gasteiger partial charge on any atom is -0.490 e. The molecular weight excluding hydrogens is 918 g/mol. The van der Waals surface area contributed by atoms with Gasteiger partial charge in [0.1, 0.15) is 47.0 Å². The summed E-state index contributed by atoms with van der Waals surface area (Å²) in [6, 6.07) is 16.4. The van der Waals surface area contributed by atoms with E-state index < -0.39 is 0 Å². The van der Waals surface area contributed by atoms with Crippen LogP contribution in [0.25, 0.3) is 6.08 Å². The van der Waals surface area contributed by atoms with E-state index in [1.165, 1.54) is 0 Å². The smallest absolute Gasteiger partial charge is 0.342 e. The Bertz CT molecular complexity index is 1720. The van der Waals surface area contributed by atoms with Crippen LogP contribution in [0.4, 0.5) is 0 Å². The first-order valence-electron chi connectivity index (χ1n) is 18.7. The Hall–Kier alpha value is -3.08. The molecule has 5 rings (SSSR count). The molecule has 2 fully saturated rings. The second kappa shape index (κ2) is 20.7. The molecule has 0 saturated heterocycles. The van der Waals surface area contributed by atoms with Crippen molar-refractivity contribution in [3.8, 4) is 23.0 Å². The number of carbonyl (C=O) groups excluding carboxylic acids is 2. The third kappa shape index (κ3) is 11.7. The summed E-state index contributed by atoms with van der Waals surface area (Å²) >= 11 is 4.36. The lowest BCUT2D eigenvalue weighted by atomic mass is 9.98. The highest BCUT2D eigenvalue weighted by molar-refractivity contribution is 14.1. The van der Waals surface area contributed by atoms with Crippen LogP contribution in [0.15, 0.2) is 61.2 Å². The van der Waals surface area contributed by atoms with E-state index in [4.69, 9.17) is 37.9 Å². The lowest BCUT2D eigenvalue weighted by Gasteiger charge is -2.28. The van der Waals surface area contributed by atoms with Crippen molar-refractivity contribution in [2.45, 2.75) is 89.3 Å². The van der Waals surface area contributed by atoms with Crippen LogP contribution in [-0.2, 0) is 18.9 Å². The van der Waals surface area contributed by atoms with E-state index in [0.29, 0.717) is 34.1 Å². The molecule has 2 aliphatic rings. The van der Waals surface area contributed by atoms with Crippen molar-refractivity contribution in [3.63, 3.8) is 0 Å². The van der Waals surface area contributed by atoms with Gasteiger partial charge in [0.05, 0.1) is 13.2 Å². The minimum atomic E-state index is -0.390. The Morgan fingerprint density at radius 2 is 1.06 bits per heavy atom. The minimum absolute atomic E-state index is 0.0530. The summed E-state index contributed by atoms with van der Waals surface area (Å²) in [5.41, 5.74) is 0.900. The van der Waals surface area contributed by atoms with Crippen molar-refractivity contribution in [2.75, 3.05) is 40.0 Å². The molecule has 3 aromatic rings. The molecule has 0 N–H and O–H groups in total. The molecule has 54 heavy (non-hydrogen) atoms. The molecular formula is C42H50I2O10. The van der Waals surface area contributed by atoms with Gasteiger partial charge in [-0.15, -0.1) is 0 Å². The van der Waals surface area contributed by atoms with E-state index in [9.17, 15) is 9.59 Å². The number of halogens is 2. The summed E-state index contributed by atoms with van der Waals surface area (Å²) in [6.45, 7) is 8.73. The van der Waals surface area contributed by atoms with Crippen molar-refractivity contribution in [1.29, 1.82) is 0 Å². The normalized spacial score (nSPS) is 15.7. The van der Waals surface area contributed by atoms with Crippen molar-refractivity contribution in [2.24, 2.45) is 0 Å². The highest BCUT2D eigenvalue weighted by Gasteiger charge is 2.38. The summed E-state index contributed by atoms with van der Waals surface area (Å²) < 4.78 is 49.0. The predicted molar refractivity (Wildman–Crippen MR) is 223 cm³/mol. The quantitative estimate of drug-likeness (QED) is 0.0443. The number of ether oxygens (including phenoxy) is 8. The first-order valence-corrected chi connectivity index (χ1v) is 20.8. The average Bonchev–Trinajstić information content (AvgIpc) is 3.86. The first kappa shape index (κ1) is 42.1. The average molecular weight is 969 g/mol. The Morgan fingerprint density at radius 1 is 0.611 bits per heavy atom. The van der Waals surface area contributed by atoms with Crippen LogP contribution < -0.4 is 18.9 Å². The maximum absolute atomic E-state index is 13.2. The van der Waals surface area contributed by atoms with E-state index in [0.717, 1.165) is 76.9 Å². The molecule has 292 valence electrons. The van der Waals surface area contributed by atoms with Crippen LogP contribution in [0, 0.1) is 7.14 Å². The Kier molecular flexibility index (Phi) is 16.1. The molecule has 0 spiro atoms. The third-order valence-electron chi connectivity index (χ3n) is 10.0. The van der Waals surface area contributed by atoms with E-state index in [2.05, 4.69) is 65.6 Å². The van der Waals surface area contributed by atoms with Gasteiger partial charge in [-0.05, 0) is 163 Å². The van der Waals surface area contributed by atoms with Gasteiger partial charge < -0.3 is 37.9 Å². The van der Waals surface area contributed by atoms with E-state index >= 15 is 0 Å². The summed E-state index contributed by atoms with van der Waals surface area (Å²) in [6.07, 6.45) is 11.2. The van der Waals surface area contributed by atoms with Crippen molar-refractivity contribution >= 4 is 63.2 Å². The standard InChI is InChI=1S/C42H50I2O10/c1-4-30-11-14-37(51-28-47-21-23-49-35-15-12-31(43)26-33(35)39(45)53-41(5-2)17-7-8-18-41)38(25-30)52-29-48-22-24-50-36-16-13-32(44)27-34(36)40(46)54-42(6-3)19-9-10-20-42/h4,11-16,25-27H,1,5-10,17-24,28-29H2,2-3H3. The predicted octanol–water partition coefficient (Wildman–Crippen LogP) is 10.2. The second-order valence-electron chi connectivity index (χ2n) is 13.5. The zero-order chi connectivity index (χ0) is 38.4. The largest absolute Gasteiger partial charge is 0.490 e. The van der Waals surface area contributed by atoms with Gasteiger partial charge >= 0.3 is 11.9 Å². The van der Waals surface area contributed by atoms with Crippen LogP contribution in [0.3, 0.4) is 0 Å². The van der Waals surface area contributed by atoms with Crippen LogP contribution in [0.1, 0.15) is 104 Å². The maximum atomic E-state index is 13.2. The Balaban J connectivity index is 1.05. The molecule has 2 aliphatic carbocycles. The molecule has 0 unspecified atom stereocenters. The monoisotopic (exact) mass is 968 g/mol. The molecule has 0 aliphatic heterocycles. The van der Waals surface area contributed by atoms with Crippen LogP contribution in [0.2, 0.25) is 0 Å². The summed E-state index contributed by atoms with van der Waals surface area (Å²) in [5, 5.41) is 0. The van der Waals surface area contributed by atoms with Gasteiger partial charge in [0, 0.05) is 7.14 Å². The van der Waals surface area contributed by atoms with Gasteiger partial charge in [0.25, 0.3) is 0 Å². The highest BCUT2D eigenvalue weighted by Crippen LogP contribution is 2.39. The number of benzene rings is 3. The molecule has 0 amide bonds. The molecule has 10 nitrogen and oxygen atoms in total. The molecule has 0 heterocycles. The summed E-state index contributed by atoms with van der Waals surface area (Å²) in [4.78, 5) is 26.4. The number of rotatable bonds is 21. The number of hydrogen-bond acceptors (Lipinski definition) is 10. The fourth-order valence-electron chi connectivity index (χ4n) is 6.81. The SMILES string of the molecule is C=Cc1ccc(OCOCCOc2ccc(I)cc2C(=O)OC2(CC)CCCC2)c(OCOCCOc2ccc(I)cc2C(=O)OC2(CC)CCCC2)c1. The fourth-order valence-corrected chi connectivity index (χ4v) is 7.79. The van der Waals surface area contributed by atoms with Gasteiger partial charge in [-0.25, -0.2) is 9.59 Å². The molecule has 2 saturated carbocycles. The topological polar surface area (TPSA) is 108 Å². The summed E-state index contributed by atoms with van der Waals surface area (Å²) in [5.74, 6) is 1.13. The van der Waals surface area contributed by atoms with E-state index in [1.807, 2.05) is 18.2 Å². The summed E-state index contributed by atoms with van der Waals surface area (Å²) in [7, 11) is 0. The second-order valence-corrected chi connectivity index (χ2v) is 16.0. The van der Waals surface area contributed by atoms with E-state index in [1.54, 1.807) is 42.5 Å². The van der Waals surface area contributed by atoms with Gasteiger partial charge in [-0.3, -0.25) is 0 Å². The van der Waals surface area contributed by atoms with Gasteiger partial charge in [-0.1, -0.05) is 32.6 Å². The van der Waals surface area contributed by atoms with Gasteiger partial charge in [0.15, 0.2) is 25.1 Å². The molecule has 0 aromatic heterocycles. The first-order chi connectivity index (χ1) is 26.2. The van der Waals surface area contributed by atoms with E-state index in [-0.39, 0.29) is 63.2 Å². The lowest BCUT2D eigenvalue weighted by Crippen LogP contribution is -2.31. The molecule has 12 heteroatoms. The molecule has 0 bridgehead atoms. The molecule has 3 aromatic carbocycles. The maximum Gasteiger partial charge on any atom is 0.342 e. The Labute approximate surface area is 345 Å². The number of carbonyl (C=O) groups is 2. The molecule has 0 atom stereocenters. The Morgan fingerprint density at radius 3 is 1.50 bits per heavy atom. The number of esters is 2. The van der Waals surface area contributed by atoms with Gasteiger partial charge in [-0.2, -0.15) is 0 Å². The van der Waals surface area contributed by atoms with Crippen LogP contribution >= 0.6 is 45.2 Å². The van der Waals surface area contributed by atoms with Gasteiger partial charge in [0.2, 0.25) is 0 Å². The fraction of sp³-hybridized carbons (Fsp3) is 0.476. The zero-order valence-corrected chi connectivity index (χ0v) is 35.4. The van der Waals surface area contributed by atoms with Crippen molar-refractivity contribution in [1.82, 2.24) is 0 Å². The van der Waals surface area contributed by atoms with Crippen LogP contribution in [-0.4, -0.2) is 63.2 Å². The number of hydrogen-bond donors (Lipinski definition) is 0. The van der Waals surface area contributed by atoms with Crippen molar-refractivity contribution in [3.05, 3.63) is 85.0 Å². The lowest BCUT2D eigenvalue weighted by molar-refractivity contribution is -0.0195.